The van der Waals surface area contributed by atoms with Gasteiger partial charge in [-0.1, -0.05) is 12.1 Å². The summed E-state index contributed by atoms with van der Waals surface area (Å²) in [6.07, 6.45) is 0.531. The highest BCUT2D eigenvalue weighted by molar-refractivity contribution is 7.32. The third kappa shape index (κ3) is 8.79. The first kappa shape index (κ1) is 33.4. The van der Waals surface area contributed by atoms with Crippen LogP contribution in [0.25, 0.3) is 11.1 Å². The molecule has 13 nitrogen and oxygen atoms in total. The molecule has 45 heavy (non-hydrogen) atoms. The number of alkyl halides is 3. The molecule has 1 amide bonds. The van der Waals surface area contributed by atoms with Crippen molar-refractivity contribution >= 4 is 37.3 Å². The van der Waals surface area contributed by atoms with Gasteiger partial charge in [0, 0.05) is 38.2 Å². The number of nitrogens with one attached hydrogen (secondary N) is 3. The van der Waals surface area contributed by atoms with E-state index in [1.165, 1.54) is 38.4 Å². The molecule has 4 rings (SSSR count). The molecule has 1 atom stereocenters. The Morgan fingerprint density at radius 2 is 1.84 bits per heavy atom. The van der Waals surface area contributed by atoms with Gasteiger partial charge >= 0.3 is 14.4 Å². The molecule has 0 aliphatic heterocycles. The zero-order valence-electron chi connectivity index (χ0n) is 24.2. The van der Waals surface area contributed by atoms with Gasteiger partial charge in [-0.2, -0.15) is 23.3 Å². The van der Waals surface area contributed by atoms with E-state index in [1.54, 1.807) is 29.2 Å². The minimum absolute atomic E-state index is 0.0636. The van der Waals surface area contributed by atoms with E-state index in [2.05, 4.69) is 31.0 Å². The minimum Gasteiger partial charge on any atom is -0.495 e. The molecule has 0 fully saturated rings. The second kappa shape index (κ2) is 15.0. The number of anilines is 4. The Morgan fingerprint density at radius 1 is 1.07 bits per heavy atom. The Morgan fingerprint density at radius 3 is 2.53 bits per heavy atom. The number of hydrogen-bond donors (Lipinski definition) is 5. The monoisotopic (exact) mass is 649 g/mol. The number of rotatable bonds is 14. The van der Waals surface area contributed by atoms with Crippen LogP contribution in [0.2, 0.25) is 0 Å². The number of unbranched alkanes of at least 4 members (excludes halogenated alkanes) is 1. The Balaban J connectivity index is 1.66. The number of aromatic nitrogens is 4. The molecule has 5 N–H and O–H groups in total. The lowest BCUT2D eigenvalue weighted by Crippen LogP contribution is -2.20. The number of carbonyl (C=O) groups excluding carboxylic acids is 1. The fraction of sp³-hybridized carbons (Fsp3) is 0.286. The normalized spacial score (nSPS) is 12.1. The fourth-order valence-electron chi connectivity index (χ4n) is 4.24. The zero-order valence-corrected chi connectivity index (χ0v) is 25.2. The number of benzene rings is 2. The van der Waals surface area contributed by atoms with Gasteiger partial charge in [0.25, 0.3) is 5.91 Å². The summed E-state index contributed by atoms with van der Waals surface area (Å²) >= 11 is 0. The number of hydrogen-bond acceptors (Lipinski definition) is 10. The molecule has 240 valence electrons. The second-order valence-corrected chi connectivity index (χ2v) is 10.4. The number of nitrogens with zero attached hydrogens (tertiary/aromatic N) is 4. The highest BCUT2D eigenvalue weighted by atomic mass is 31.1. The minimum atomic E-state index is -4.83. The van der Waals surface area contributed by atoms with E-state index in [0.717, 1.165) is 6.42 Å². The van der Waals surface area contributed by atoms with E-state index in [-0.39, 0.29) is 36.2 Å². The third-order valence-corrected chi connectivity index (χ3v) is 6.87. The molecule has 17 heteroatoms. The van der Waals surface area contributed by atoms with Crippen LogP contribution in [-0.4, -0.2) is 56.4 Å². The number of carbonyl (C=O) groups is 1. The van der Waals surface area contributed by atoms with Crippen molar-refractivity contribution in [1.29, 1.82) is 0 Å². The summed E-state index contributed by atoms with van der Waals surface area (Å²) in [5, 5.41) is 21.3. The number of ether oxygens (including phenoxy) is 1. The molecule has 4 aromatic rings. The maximum absolute atomic E-state index is 14.0. The molecule has 0 aliphatic rings. The van der Waals surface area contributed by atoms with Crippen molar-refractivity contribution in [3.8, 4) is 16.9 Å². The number of methoxy groups -OCH3 is 1. The molecule has 0 saturated heterocycles. The summed E-state index contributed by atoms with van der Waals surface area (Å²) in [6.45, 7) is 0.506. The van der Waals surface area contributed by atoms with E-state index in [4.69, 9.17) is 19.3 Å². The summed E-state index contributed by atoms with van der Waals surface area (Å²) in [7, 11) is -0.375. The highest BCUT2D eigenvalue weighted by Crippen LogP contribution is 2.37. The number of amides is 1. The number of aliphatic hydroxyl groups excluding tert-OH is 1. The first-order chi connectivity index (χ1) is 21.5. The average molecular weight is 650 g/mol. The van der Waals surface area contributed by atoms with E-state index in [1.807, 2.05) is 0 Å². The summed E-state index contributed by atoms with van der Waals surface area (Å²) in [5.41, 5.74) is 1.08. The molecule has 2 aromatic carbocycles. The molecule has 0 spiro atoms. The Kier molecular flexibility index (Phi) is 11.1. The van der Waals surface area contributed by atoms with Crippen LogP contribution in [0, 0.1) is 0 Å². The molecular formula is C28H31F3N7O6P. The van der Waals surface area contributed by atoms with Crippen molar-refractivity contribution in [3.05, 3.63) is 71.7 Å². The topological polar surface area (TPSA) is 173 Å². The number of aryl methyl sites for hydroxylation is 1. The van der Waals surface area contributed by atoms with Crippen molar-refractivity contribution in [3.63, 3.8) is 0 Å². The van der Waals surface area contributed by atoms with E-state index in [0.29, 0.717) is 41.5 Å². The van der Waals surface area contributed by atoms with Crippen molar-refractivity contribution in [1.82, 2.24) is 25.1 Å². The van der Waals surface area contributed by atoms with E-state index < -0.39 is 31.7 Å². The maximum Gasteiger partial charge on any atom is 0.421 e. The summed E-state index contributed by atoms with van der Waals surface area (Å²) in [4.78, 5) is 29.6. The van der Waals surface area contributed by atoms with Gasteiger partial charge in [0.1, 0.15) is 17.1 Å². The van der Waals surface area contributed by atoms with Crippen molar-refractivity contribution in [2.75, 3.05) is 31.4 Å². The fourth-order valence-corrected chi connectivity index (χ4v) is 4.53. The first-order valence-electron chi connectivity index (χ1n) is 13.5. The lowest BCUT2D eigenvalue weighted by Gasteiger charge is -2.17. The van der Waals surface area contributed by atoms with Crippen molar-refractivity contribution < 1.29 is 41.8 Å². The Labute approximate surface area is 256 Å². The second-order valence-electron chi connectivity index (χ2n) is 9.56. The molecule has 1 unspecified atom stereocenters. The van der Waals surface area contributed by atoms with Crippen LogP contribution in [0.5, 0.6) is 5.75 Å². The van der Waals surface area contributed by atoms with Gasteiger partial charge in [-0.15, -0.1) is 0 Å². The van der Waals surface area contributed by atoms with Crippen molar-refractivity contribution in [2.45, 2.75) is 32.2 Å². The molecule has 2 aromatic heterocycles. The van der Waals surface area contributed by atoms with Gasteiger partial charge in [0.15, 0.2) is 0 Å². The van der Waals surface area contributed by atoms with Crippen LogP contribution in [0.4, 0.5) is 36.3 Å². The maximum atomic E-state index is 14.0. The molecule has 2 heterocycles. The first-order valence-corrected chi connectivity index (χ1v) is 14.8. The Hall–Kier alpha value is -4.50. The lowest BCUT2D eigenvalue weighted by molar-refractivity contribution is -0.137. The van der Waals surface area contributed by atoms with E-state index >= 15 is 0 Å². The van der Waals surface area contributed by atoms with Gasteiger partial charge in [-0.05, 0) is 48.2 Å². The molecule has 0 bridgehead atoms. The van der Waals surface area contributed by atoms with Crippen LogP contribution in [-0.2, 0) is 28.4 Å². The number of halogens is 3. The molecule has 0 radical (unpaired) electrons. The quantitative estimate of drug-likeness (QED) is 0.0931. The van der Waals surface area contributed by atoms with Crippen LogP contribution in [0.1, 0.15) is 34.3 Å². The smallest absolute Gasteiger partial charge is 0.421 e. The zero-order chi connectivity index (χ0) is 32.6. The molecular weight excluding hydrogens is 618 g/mol. The van der Waals surface area contributed by atoms with Crippen LogP contribution in [0.15, 0.2) is 55.0 Å². The summed E-state index contributed by atoms with van der Waals surface area (Å²) < 4.78 is 64.7. The van der Waals surface area contributed by atoms with Gasteiger partial charge in [-0.25, -0.2) is 4.98 Å². The van der Waals surface area contributed by atoms with Crippen LogP contribution >= 0.6 is 8.25 Å². The largest absolute Gasteiger partial charge is 0.495 e. The SMILES string of the molecule is CNC(=O)c1cc(-c2cnn(CCCCO)c2)ccc1Nc1nc(Nc2ccc(CO[PH](=O)O)cc2OC)ncc1C(F)(F)F. The van der Waals surface area contributed by atoms with E-state index in [9.17, 15) is 22.5 Å². The van der Waals surface area contributed by atoms with Gasteiger partial charge in [0.2, 0.25) is 5.95 Å². The summed E-state index contributed by atoms with van der Waals surface area (Å²) in [6, 6.07) is 9.26. The lowest BCUT2D eigenvalue weighted by atomic mass is 10.0. The van der Waals surface area contributed by atoms with Gasteiger partial charge in [-0.3, -0.25) is 14.0 Å². The third-order valence-electron chi connectivity index (χ3n) is 6.48. The van der Waals surface area contributed by atoms with Gasteiger partial charge in [0.05, 0.1) is 36.9 Å². The predicted molar refractivity (Wildman–Crippen MR) is 160 cm³/mol. The van der Waals surface area contributed by atoms with Crippen LogP contribution < -0.4 is 20.7 Å². The molecule has 0 saturated carbocycles. The average Bonchev–Trinajstić information content (AvgIpc) is 3.49. The number of aliphatic hydroxyl groups is 1. The summed E-state index contributed by atoms with van der Waals surface area (Å²) in [5.74, 6) is -1.11. The molecule has 0 aliphatic carbocycles. The highest BCUT2D eigenvalue weighted by Gasteiger charge is 2.36. The standard InChI is InChI=1S/C28H31F3N7O6P/c1-32-26(40)20-12-18(19-13-34-38(15-19)9-3-4-10-39)6-8-22(20)35-25-21(28(29,30)31)14-33-27(37-25)36-23-7-5-17(11-24(23)43-2)16-44-45(41)42/h5-8,11-15,39,45H,3-4,9-10,16H2,1-2H3,(H,32,40)(H,41,42)(H2,33,35,36,37). The Bertz CT molecular complexity index is 1670. The van der Waals surface area contributed by atoms with Gasteiger partial charge < -0.3 is 35.2 Å². The van der Waals surface area contributed by atoms with Crippen LogP contribution in [0.3, 0.4) is 0 Å². The predicted octanol–water partition coefficient (Wildman–Crippen LogP) is 4.89. The van der Waals surface area contributed by atoms with Crippen molar-refractivity contribution in [2.24, 2.45) is 0 Å².